The zero-order valence-corrected chi connectivity index (χ0v) is 15.6. The summed E-state index contributed by atoms with van der Waals surface area (Å²) in [5, 5.41) is 12.8. The van der Waals surface area contributed by atoms with Crippen molar-refractivity contribution in [3.63, 3.8) is 0 Å². The van der Waals surface area contributed by atoms with Crippen LogP contribution in [-0.2, 0) is 12.7 Å². The fourth-order valence-corrected chi connectivity index (χ4v) is 3.43. The van der Waals surface area contributed by atoms with Crippen LogP contribution in [0, 0.1) is 6.92 Å². The third-order valence-corrected chi connectivity index (χ3v) is 4.98. The minimum Gasteiger partial charge on any atom is -0.507 e. The Labute approximate surface area is 162 Å². The van der Waals surface area contributed by atoms with Gasteiger partial charge in [0.25, 0.3) is 5.91 Å². The molecule has 0 aromatic heterocycles. The van der Waals surface area contributed by atoms with Crippen LogP contribution in [0.3, 0.4) is 0 Å². The van der Waals surface area contributed by atoms with Gasteiger partial charge in [-0.2, -0.15) is 13.2 Å². The van der Waals surface area contributed by atoms with Gasteiger partial charge in [0.1, 0.15) is 5.75 Å². The van der Waals surface area contributed by atoms with E-state index in [1.54, 1.807) is 18.2 Å². The second-order valence-corrected chi connectivity index (χ2v) is 7.24. The van der Waals surface area contributed by atoms with E-state index in [-0.39, 0.29) is 23.3 Å². The van der Waals surface area contributed by atoms with Gasteiger partial charge in [0.2, 0.25) is 0 Å². The van der Waals surface area contributed by atoms with Crippen molar-refractivity contribution in [2.75, 3.05) is 13.1 Å². The van der Waals surface area contributed by atoms with Crippen molar-refractivity contribution < 1.29 is 23.1 Å². The molecular formula is C21H23F3N2O2. The number of nitrogens with one attached hydrogen (secondary N) is 1. The number of piperidine rings is 1. The second kappa shape index (κ2) is 8.22. The van der Waals surface area contributed by atoms with Gasteiger partial charge in [-0.05, 0) is 43.5 Å². The van der Waals surface area contributed by atoms with E-state index in [9.17, 15) is 23.1 Å². The maximum absolute atomic E-state index is 12.8. The summed E-state index contributed by atoms with van der Waals surface area (Å²) in [5.74, 6) is -0.359. The van der Waals surface area contributed by atoms with Crippen LogP contribution in [0.2, 0.25) is 0 Å². The van der Waals surface area contributed by atoms with Crippen LogP contribution in [0.1, 0.15) is 39.9 Å². The predicted molar refractivity (Wildman–Crippen MR) is 100 cm³/mol. The summed E-state index contributed by atoms with van der Waals surface area (Å²) < 4.78 is 38.5. The van der Waals surface area contributed by atoms with E-state index in [0.29, 0.717) is 38.0 Å². The van der Waals surface area contributed by atoms with E-state index in [1.165, 1.54) is 18.2 Å². The Morgan fingerprint density at radius 2 is 1.89 bits per heavy atom. The molecular weight excluding hydrogens is 369 g/mol. The number of phenols is 1. The second-order valence-electron chi connectivity index (χ2n) is 7.24. The average Bonchev–Trinajstić information content (AvgIpc) is 2.65. The molecule has 7 heteroatoms. The molecule has 2 aromatic rings. The van der Waals surface area contributed by atoms with Gasteiger partial charge in [-0.25, -0.2) is 0 Å². The molecule has 1 aliphatic rings. The monoisotopic (exact) mass is 392 g/mol. The normalized spacial score (nSPS) is 16.1. The number of hydrogen-bond acceptors (Lipinski definition) is 3. The standard InChI is InChI=1S/C21H23F3N2O2/c1-14-5-6-19(27)18(11-14)20(28)25-17-7-9-26(10-8-17)13-15-3-2-4-16(12-15)21(22,23)24/h2-6,11-12,17,27H,7-10,13H2,1H3,(H,25,28). The van der Waals surface area contributed by atoms with Crippen molar-refractivity contribution >= 4 is 5.91 Å². The minimum atomic E-state index is -4.34. The zero-order valence-electron chi connectivity index (χ0n) is 15.6. The minimum absolute atomic E-state index is 0.0230. The van der Waals surface area contributed by atoms with Crippen LogP contribution in [0.15, 0.2) is 42.5 Å². The number of aryl methyl sites for hydroxylation is 1. The fourth-order valence-electron chi connectivity index (χ4n) is 3.43. The molecule has 1 amide bonds. The van der Waals surface area contributed by atoms with Crippen LogP contribution in [0.25, 0.3) is 0 Å². The van der Waals surface area contributed by atoms with Gasteiger partial charge >= 0.3 is 6.18 Å². The maximum Gasteiger partial charge on any atom is 0.416 e. The van der Waals surface area contributed by atoms with Crippen LogP contribution in [0.5, 0.6) is 5.75 Å². The molecule has 3 rings (SSSR count). The fraction of sp³-hybridized carbons (Fsp3) is 0.381. The van der Waals surface area contributed by atoms with Gasteiger partial charge in [0.15, 0.2) is 0 Å². The maximum atomic E-state index is 12.8. The van der Waals surface area contributed by atoms with Crippen molar-refractivity contribution in [2.24, 2.45) is 0 Å². The molecule has 0 aliphatic carbocycles. The van der Waals surface area contributed by atoms with Crippen molar-refractivity contribution in [1.82, 2.24) is 10.2 Å². The number of carbonyl (C=O) groups excluding carboxylic acids is 1. The molecule has 0 radical (unpaired) electrons. The van der Waals surface area contributed by atoms with E-state index in [2.05, 4.69) is 10.2 Å². The Bertz CT molecular complexity index is 844. The number of carbonyl (C=O) groups is 1. The van der Waals surface area contributed by atoms with Crippen molar-refractivity contribution in [2.45, 2.75) is 38.5 Å². The van der Waals surface area contributed by atoms with Gasteiger partial charge in [0.05, 0.1) is 11.1 Å². The Hall–Kier alpha value is -2.54. The first-order valence-electron chi connectivity index (χ1n) is 9.21. The molecule has 2 aromatic carbocycles. The smallest absolute Gasteiger partial charge is 0.416 e. The molecule has 0 unspecified atom stereocenters. The van der Waals surface area contributed by atoms with E-state index in [1.807, 2.05) is 6.92 Å². The molecule has 0 bridgehead atoms. The summed E-state index contributed by atoms with van der Waals surface area (Å²) in [7, 11) is 0. The van der Waals surface area contributed by atoms with Crippen LogP contribution < -0.4 is 5.32 Å². The Balaban J connectivity index is 1.53. The van der Waals surface area contributed by atoms with Gasteiger partial charge in [0, 0.05) is 25.7 Å². The quantitative estimate of drug-likeness (QED) is 0.823. The molecule has 28 heavy (non-hydrogen) atoms. The number of amides is 1. The highest BCUT2D eigenvalue weighted by Gasteiger charge is 2.30. The van der Waals surface area contributed by atoms with E-state index in [4.69, 9.17) is 0 Å². The van der Waals surface area contributed by atoms with Crippen LogP contribution in [0.4, 0.5) is 13.2 Å². The summed E-state index contributed by atoms with van der Waals surface area (Å²) in [4.78, 5) is 14.5. The lowest BCUT2D eigenvalue weighted by Gasteiger charge is -2.32. The third kappa shape index (κ3) is 5.04. The first kappa shape index (κ1) is 20.2. The number of benzene rings is 2. The number of halogens is 3. The summed E-state index contributed by atoms with van der Waals surface area (Å²) in [5.41, 5.74) is 1.14. The largest absolute Gasteiger partial charge is 0.507 e. The predicted octanol–water partition coefficient (Wildman–Crippen LogP) is 4.11. The first-order valence-corrected chi connectivity index (χ1v) is 9.21. The Morgan fingerprint density at radius 3 is 2.57 bits per heavy atom. The highest BCUT2D eigenvalue weighted by atomic mass is 19.4. The Kier molecular flexibility index (Phi) is 5.93. The van der Waals surface area contributed by atoms with Gasteiger partial charge in [-0.15, -0.1) is 0 Å². The lowest BCUT2D eigenvalue weighted by atomic mass is 10.0. The number of nitrogens with zero attached hydrogens (tertiary/aromatic N) is 1. The molecule has 1 saturated heterocycles. The lowest BCUT2D eigenvalue weighted by molar-refractivity contribution is -0.137. The third-order valence-electron chi connectivity index (χ3n) is 4.98. The summed E-state index contributed by atoms with van der Waals surface area (Å²) in [6, 6.07) is 10.3. The lowest BCUT2D eigenvalue weighted by Crippen LogP contribution is -2.44. The zero-order chi connectivity index (χ0) is 20.3. The summed E-state index contributed by atoms with van der Waals surface area (Å²) in [6.45, 7) is 3.66. The number of hydrogen-bond donors (Lipinski definition) is 2. The molecule has 1 heterocycles. The number of rotatable bonds is 4. The van der Waals surface area contributed by atoms with Gasteiger partial charge in [-0.3, -0.25) is 9.69 Å². The molecule has 1 aliphatic heterocycles. The Morgan fingerprint density at radius 1 is 1.18 bits per heavy atom. The van der Waals surface area contributed by atoms with Crippen LogP contribution >= 0.6 is 0 Å². The van der Waals surface area contributed by atoms with E-state index >= 15 is 0 Å². The molecule has 150 valence electrons. The number of phenolic OH excluding ortho intramolecular Hbond substituents is 1. The average molecular weight is 392 g/mol. The number of likely N-dealkylation sites (tertiary alicyclic amines) is 1. The molecule has 4 nitrogen and oxygen atoms in total. The number of alkyl halides is 3. The molecule has 1 fully saturated rings. The molecule has 0 atom stereocenters. The molecule has 0 spiro atoms. The van der Waals surface area contributed by atoms with E-state index in [0.717, 1.165) is 11.6 Å². The number of aromatic hydroxyl groups is 1. The van der Waals surface area contributed by atoms with Crippen molar-refractivity contribution in [3.8, 4) is 5.75 Å². The van der Waals surface area contributed by atoms with Crippen LogP contribution in [-0.4, -0.2) is 35.0 Å². The SMILES string of the molecule is Cc1ccc(O)c(C(=O)NC2CCN(Cc3cccc(C(F)(F)F)c3)CC2)c1. The molecule has 2 N–H and O–H groups in total. The first-order chi connectivity index (χ1) is 13.2. The van der Waals surface area contributed by atoms with Gasteiger partial charge < -0.3 is 10.4 Å². The van der Waals surface area contributed by atoms with E-state index < -0.39 is 11.7 Å². The highest BCUT2D eigenvalue weighted by molar-refractivity contribution is 5.97. The molecule has 0 saturated carbocycles. The topological polar surface area (TPSA) is 52.6 Å². The van der Waals surface area contributed by atoms with Crippen molar-refractivity contribution in [1.29, 1.82) is 0 Å². The van der Waals surface area contributed by atoms with Gasteiger partial charge in [-0.1, -0.05) is 29.8 Å². The van der Waals surface area contributed by atoms with Crippen molar-refractivity contribution in [3.05, 3.63) is 64.7 Å². The summed E-state index contributed by atoms with van der Waals surface area (Å²) >= 11 is 0. The highest BCUT2D eigenvalue weighted by Crippen LogP contribution is 2.30. The summed E-state index contributed by atoms with van der Waals surface area (Å²) in [6.07, 6.45) is -2.93.